The molecule has 13 heavy (non-hydrogen) atoms. The summed E-state index contributed by atoms with van der Waals surface area (Å²) in [4.78, 5) is 2.39. The first-order chi connectivity index (χ1) is 6.29. The van der Waals surface area contributed by atoms with Gasteiger partial charge in [0.1, 0.15) is 0 Å². The standard InChI is InChI=1S/C11H19NO/c1-11(13)7-3-6-10-12-8-4-2-5-9-12/h11,13H,2,4-5,7-10H2,1H3/t11-/m1/s1. The van der Waals surface area contributed by atoms with Crippen LogP contribution in [-0.2, 0) is 0 Å². The Balaban J connectivity index is 2.11. The van der Waals surface area contributed by atoms with Gasteiger partial charge in [-0.15, -0.1) is 0 Å². The second-order valence-electron chi connectivity index (χ2n) is 3.74. The topological polar surface area (TPSA) is 23.5 Å². The Morgan fingerprint density at radius 3 is 2.54 bits per heavy atom. The van der Waals surface area contributed by atoms with Crippen LogP contribution in [0, 0.1) is 11.8 Å². The zero-order valence-corrected chi connectivity index (χ0v) is 8.42. The van der Waals surface area contributed by atoms with E-state index in [0.29, 0.717) is 6.42 Å². The average molecular weight is 181 g/mol. The fourth-order valence-electron chi connectivity index (χ4n) is 1.51. The SMILES string of the molecule is C[C@@H](O)CC#CCN1CCCCC1. The van der Waals surface area contributed by atoms with Crippen molar-refractivity contribution in [3.8, 4) is 11.8 Å². The number of rotatable bonds is 2. The van der Waals surface area contributed by atoms with Gasteiger partial charge in [-0.25, -0.2) is 0 Å². The molecule has 0 spiro atoms. The third kappa shape index (κ3) is 4.92. The minimum Gasteiger partial charge on any atom is -0.392 e. The van der Waals surface area contributed by atoms with Gasteiger partial charge in [0, 0.05) is 6.42 Å². The van der Waals surface area contributed by atoms with Crippen molar-refractivity contribution in [2.24, 2.45) is 0 Å². The average Bonchev–Trinajstić information content (AvgIpc) is 2.14. The third-order valence-corrected chi connectivity index (χ3v) is 2.27. The molecular formula is C11H19NO. The number of aliphatic hydroxyl groups excluding tert-OH is 1. The molecule has 2 nitrogen and oxygen atoms in total. The molecule has 0 radical (unpaired) electrons. The third-order valence-electron chi connectivity index (χ3n) is 2.27. The highest BCUT2D eigenvalue weighted by molar-refractivity contribution is 5.02. The highest BCUT2D eigenvalue weighted by atomic mass is 16.3. The number of aliphatic hydroxyl groups is 1. The lowest BCUT2D eigenvalue weighted by Crippen LogP contribution is -2.29. The first-order valence-corrected chi connectivity index (χ1v) is 5.15. The van der Waals surface area contributed by atoms with Crippen LogP contribution < -0.4 is 0 Å². The van der Waals surface area contributed by atoms with Crippen LogP contribution in [0.25, 0.3) is 0 Å². The second kappa shape index (κ2) is 6.01. The van der Waals surface area contributed by atoms with E-state index in [1.165, 1.54) is 32.4 Å². The van der Waals surface area contributed by atoms with Crippen molar-refractivity contribution in [3.05, 3.63) is 0 Å². The van der Waals surface area contributed by atoms with E-state index in [2.05, 4.69) is 16.7 Å². The van der Waals surface area contributed by atoms with Crippen LogP contribution in [0.4, 0.5) is 0 Å². The molecule has 1 heterocycles. The van der Waals surface area contributed by atoms with Crippen molar-refractivity contribution in [1.29, 1.82) is 0 Å². The highest BCUT2D eigenvalue weighted by Gasteiger charge is 2.07. The van der Waals surface area contributed by atoms with E-state index in [-0.39, 0.29) is 6.10 Å². The molecule has 1 atom stereocenters. The van der Waals surface area contributed by atoms with Crippen LogP contribution in [0.5, 0.6) is 0 Å². The molecule has 1 N–H and O–H groups in total. The molecule has 0 aromatic heterocycles. The summed E-state index contributed by atoms with van der Waals surface area (Å²) in [5.41, 5.74) is 0. The molecule has 0 aromatic rings. The molecule has 1 aliphatic heterocycles. The van der Waals surface area contributed by atoms with Crippen molar-refractivity contribution < 1.29 is 5.11 Å². The molecule has 0 saturated carbocycles. The van der Waals surface area contributed by atoms with Gasteiger partial charge in [-0.1, -0.05) is 18.3 Å². The van der Waals surface area contributed by atoms with Crippen LogP contribution in [0.1, 0.15) is 32.6 Å². The van der Waals surface area contributed by atoms with Gasteiger partial charge in [-0.3, -0.25) is 4.90 Å². The van der Waals surface area contributed by atoms with E-state index >= 15 is 0 Å². The maximum absolute atomic E-state index is 8.97. The fraction of sp³-hybridized carbons (Fsp3) is 0.818. The van der Waals surface area contributed by atoms with Crippen LogP contribution in [0.2, 0.25) is 0 Å². The number of hydrogen-bond acceptors (Lipinski definition) is 2. The Kier molecular flexibility index (Phi) is 4.88. The second-order valence-corrected chi connectivity index (χ2v) is 3.74. The summed E-state index contributed by atoms with van der Waals surface area (Å²) in [5, 5.41) is 8.97. The quantitative estimate of drug-likeness (QED) is 0.648. The summed E-state index contributed by atoms with van der Waals surface area (Å²) >= 11 is 0. The summed E-state index contributed by atoms with van der Waals surface area (Å²) in [7, 11) is 0. The Hall–Kier alpha value is -0.520. The van der Waals surface area contributed by atoms with Crippen LogP contribution in [-0.4, -0.2) is 35.7 Å². The van der Waals surface area contributed by atoms with E-state index < -0.39 is 0 Å². The predicted molar refractivity (Wildman–Crippen MR) is 54.4 cm³/mol. The summed E-state index contributed by atoms with van der Waals surface area (Å²) in [5.74, 6) is 6.09. The molecule has 1 fully saturated rings. The molecule has 1 rings (SSSR count). The lowest BCUT2D eigenvalue weighted by atomic mass is 10.1. The number of hydrogen-bond donors (Lipinski definition) is 1. The largest absolute Gasteiger partial charge is 0.392 e. The maximum atomic E-state index is 8.97. The highest BCUT2D eigenvalue weighted by Crippen LogP contribution is 2.07. The Labute approximate surface area is 80.9 Å². The van der Waals surface area contributed by atoms with Crippen molar-refractivity contribution in [1.82, 2.24) is 4.90 Å². The summed E-state index contributed by atoms with van der Waals surface area (Å²) in [6.45, 7) is 5.05. The molecule has 0 bridgehead atoms. The monoisotopic (exact) mass is 181 g/mol. The molecule has 74 valence electrons. The van der Waals surface area contributed by atoms with Crippen molar-refractivity contribution in [2.75, 3.05) is 19.6 Å². The Bertz CT molecular complexity index is 184. The van der Waals surface area contributed by atoms with E-state index in [1.54, 1.807) is 6.92 Å². The van der Waals surface area contributed by atoms with Crippen molar-refractivity contribution >= 4 is 0 Å². The van der Waals surface area contributed by atoms with Gasteiger partial charge in [-0.05, 0) is 32.9 Å². The van der Waals surface area contributed by atoms with Crippen LogP contribution in [0.3, 0.4) is 0 Å². The first kappa shape index (κ1) is 10.6. The summed E-state index contributed by atoms with van der Waals surface area (Å²) in [6.07, 6.45) is 4.33. The minimum absolute atomic E-state index is 0.283. The molecule has 2 heteroatoms. The van der Waals surface area contributed by atoms with E-state index in [0.717, 1.165) is 6.54 Å². The molecular weight excluding hydrogens is 162 g/mol. The van der Waals surface area contributed by atoms with Gasteiger partial charge in [-0.2, -0.15) is 0 Å². The van der Waals surface area contributed by atoms with Crippen molar-refractivity contribution in [2.45, 2.75) is 38.7 Å². The Morgan fingerprint density at radius 1 is 1.23 bits per heavy atom. The van der Waals surface area contributed by atoms with Crippen LogP contribution >= 0.6 is 0 Å². The van der Waals surface area contributed by atoms with E-state index in [9.17, 15) is 0 Å². The zero-order valence-electron chi connectivity index (χ0n) is 8.42. The fourth-order valence-corrected chi connectivity index (χ4v) is 1.51. The van der Waals surface area contributed by atoms with Crippen molar-refractivity contribution in [3.63, 3.8) is 0 Å². The molecule has 0 amide bonds. The van der Waals surface area contributed by atoms with Gasteiger partial charge < -0.3 is 5.11 Å². The predicted octanol–water partition coefficient (Wildman–Crippen LogP) is 1.25. The number of likely N-dealkylation sites (tertiary alicyclic amines) is 1. The molecule has 1 saturated heterocycles. The van der Waals surface area contributed by atoms with Crippen LogP contribution in [0.15, 0.2) is 0 Å². The number of piperidine rings is 1. The number of nitrogens with zero attached hydrogens (tertiary/aromatic N) is 1. The smallest absolute Gasteiger partial charge is 0.0621 e. The van der Waals surface area contributed by atoms with E-state index in [4.69, 9.17) is 5.11 Å². The van der Waals surface area contributed by atoms with E-state index in [1.807, 2.05) is 0 Å². The molecule has 0 aliphatic carbocycles. The lowest BCUT2D eigenvalue weighted by molar-refractivity contribution is 0.201. The molecule has 0 unspecified atom stereocenters. The zero-order chi connectivity index (χ0) is 9.52. The Morgan fingerprint density at radius 2 is 1.92 bits per heavy atom. The van der Waals surface area contributed by atoms with Gasteiger partial charge in [0.15, 0.2) is 0 Å². The summed E-state index contributed by atoms with van der Waals surface area (Å²) < 4.78 is 0. The maximum Gasteiger partial charge on any atom is 0.0621 e. The van der Waals surface area contributed by atoms with Gasteiger partial charge >= 0.3 is 0 Å². The lowest BCUT2D eigenvalue weighted by Gasteiger charge is -2.23. The molecule has 0 aromatic carbocycles. The van der Waals surface area contributed by atoms with Gasteiger partial charge in [0.05, 0.1) is 12.6 Å². The minimum atomic E-state index is -0.283. The molecule has 1 aliphatic rings. The van der Waals surface area contributed by atoms with Gasteiger partial charge in [0.25, 0.3) is 0 Å². The summed E-state index contributed by atoms with van der Waals surface area (Å²) in [6, 6.07) is 0. The first-order valence-electron chi connectivity index (χ1n) is 5.15. The normalized spacial score (nSPS) is 20.5. The van der Waals surface area contributed by atoms with Gasteiger partial charge in [0.2, 0.25) is 0 Å².